The molecule has 1 heterocycles. The molecule has 0 saturated heterocycles. The Balaban J connectivity index is 1.63. The molecule has 3 amide bonds. The van der Waals surface area contributed by atoms with E-state index in [-0.39, 0.29) is 12.5 Å². The molecular formula is C18H16ClN3O3. The fraction of sp³-hybridized carbons (Fsp3) is 0.167. The molecule has 0 aromatic heterocycles. The number of carbonyl (C=O) groups excluding carboxylic acids is 3. The molecule has 1 aliphatic rings. The summed E-state index contributed by atoms with van der Waals surface area (Å²) in [7, 11) is 1.63. The van der Waals surface area contributed by atoms with Gasteiger partial charge in [0.25, 0.3) is 5.91 Å². The van der Waals surface area contributed by atoms with Crippen LogP contribution in [0.3, 0.4) is 0 Å². The van der Waals surface area contributed by atoms with E-state index in [0.717, 1.165) is 11.3 Å². The minimum Gasteiger partial charge on any atom is -0.344 e. The molecule has 0 aliphatic carbocycles. The van der Waals surface area contributed by atoms with E-state index in [1.807, 2.05) is 6.07 Å². The van der Waals surface area contributed by atoms with E-state index < -0.39 is 17.9 Å². The number of rotatable bonds is 3. The van der Waals surface area contributed by atoms with E-state index in [2.05, 4.69) is 10.6 Å². The third kappa shape index (κ3) is 3.49. The summed E-state index contributed by atoms with van der Waals surface area (Å²) in [6, 6.07) is 13.2. The topological polar surface area (TPSA) is 78.5 Å². The molecule has 2 aromatic rings. The Labute approximate surface area is 149 Å². The van der Waals surface area contributed by atoms with Crippen LogP contribution < -0.4 is 15.5 Å². The van der Waals surface area contributed by atoms with Gasteiger partial charge in [0.15, 0.2) is 0 Å². The fourth-order valence-corrected chi connectivity index (χ4v) is 2.81. The lowest BCUT2D eigenvalue weighted by atomic mass is 10.1. The lowest BCUT2D eigenvalue weighted by Crippen LogP contribution is -2.43. The minimum absolute atomic E-state index is 0.193. The number of amides is 3. The van der Waals surface area contributed by atoms with Gasteiger partial charge in [0.2, 0.25) is 0 Å². The number of nitrogens with zero attached hydrogens (tertiary/aromatic N) is 1. The smallest absolute Gasteiger partial charge is 0.310 e. The summed E-state index contributed by atoms with van der Waals surface area (Å²) in [4.78, 5) is 37.9. The highest BCUT2D eigenvalue weighted by atomic mass is 35.5. The van der Waals surface area contributed by atoms with Crippen LogP contribution in [0.5, 0.6) is 0 Å². The summed E-state index contributed by atoms with van der Waals surface area (Å²) < 4.78 is 0. The molecule has 0 spiro atoms. The molecule has 25 heavy (non-hydrogen) atoms. The van der Waals surface area contributed by atoms with Gasteiger partial charge in [-0.2, -0.15) is 0 Å². The molecule has 6 nitrogen and oxygen atoms in total. The maximum Gasteiger partial charge on any atom is 0.310 e. The Bertz CT molecular complexity index is 836. The molecule has 0 radical (unpaired) electrons. The SMILES string of the molecule is CN1C(=O)[C@@H](NC(=O)C(=O)NCc2ccc(Cl)cc2)c2ccccc21. The van der Waals surface area contributed by atoms with E-state index in [1.165, 1.54) is 4.90 Å². The van der Waals surface area contributed by atoms with Gasteiger partial charge in [-0.15, -0.1) is 0 Å². The number of fused-ring (bicyclic) bond motifs is 1. The quantitative estimate of drug-likeness (QED) is 0.822. The number of para-hydroxylation sites is 1. The van der Waals surface area contributed by atoms with Crippen molar-refractivity contribution in [2.24, 2.45) is 0 Å². The highest BCUT2D eigenvalue weighted by Crippen LogP contribution is 2.34. The lowest BCUT2D eigenvalue weighted by Gasteiger charge is -2.13. The number of hydrogen-bond acceptors (Lipinski definition) is 3. The van der Waals surface area contributed by atoms with Gasteiger partial charge in [-0.1, -0.05) is 41.9 Å². The van der Waals surface area contributed by atoms with Gasteiger partial charge in [-0.3, -0.25) is 14.4 Å². The number of carbonyl (C=O) groups is 3. The summed E-state index contributed by atoms with van der Waals surface area (Å²) in [5, 5.41) is 5.61. The minimum atomic E-state index is -0.852. The number of nitrogens with one attached hydrogen (secondary N) is 2. The predicted octanol–water partition coefficient (Wildman–Crippen LogP) is 1.79. The number of benzene rings is 2. The van der Waals surface area contributed by atoms with Gasteiger partial charge in [0, 0.05) is 29.9 Å². The first-order valence-corrected chi connectivity index (χ1v) is 8.05. The maximum atomic E-state index is 12.3. The second kappa shape index (κ2) is 6.94. The van der Waals surface area contributed by atoms with E-state index in [4.69, 9.17) is 11.6 Å². The first-order chi connectivity index (χ1) is 12.0. The van der Waals surface area contributed by atoms with Crippen LogP contribution in [0.25, 0.3) is 0 Å². The van der Waals surface area contributed by atoms with Crippen LogP contribution in [0.1, 0.15) is 17.2 Å². The Morgan fingerprint density at radius 3 is 2.48 bits per heavy atom. The molecule has 128 valence electrons. The van der Waals surface area contributed by atoms with Crippen molar-refractivity contribution in [3.8, 4) is 0 Å². The van der Waals surface area contributed by atoms with Crippen LogP contribution >= 0.6 is 11.6 Å². The van der Waals surface area contributed by atoms with Crippen molar-refractivity contribution in [1.82, 2.24) is 10.6 Å². The van der Waals surface area contributed by atoms with Crippen LogP contribution in [-0.2, 0) is 20.9 Å². The van der Waals surface area contributed by atoms with Gasteiger partial charge in [0.1, 0.15) is 6.04 Å². The third-order valence-corrected chi connectivity index (χ3v) is 4.29. The molecule has 0 bridgehead atoms. The molecule has 7 heteroatoms. The second-order valence-corrected chi connectivity index (χ2v) is 6.11. The predicted molar refractivity (Wildman–Crippen MR) is 94.0 cm³/mol. The first kappa shape index (κ1) is 17.0. The maximum absolute atomic E-state index is 12.3. The molecule has 0 saturated carbocycles. The largest absolute Gasteiger partial charge is 0.344 e. The normalized spacial score (nSPS) is 15.7. The molecular weight excluding hydrogens is 342 g/mol. The van der Waals surface area contributed by atoms with Crippen LogP contribution in [0.15, 0.2) is 48.5 Å². The van der Waals surface area contributed by atoms with Crippen molar-refractivity contribution in [2.45, 2.75) is 12.6 Å². The van der Waals surface area contributed by atoms with Crippen molar-refractivity contribution in [3.05, 3.63) is 64.7 Å². The molecule has 1 atom stereocenters. The Morgan fingerprint density at radius 1 is 1.08 bits per heavy atom. The summed E-state index contributed by atoms with van der Waals surface area (Å²) in [6.45, 7) is 0.193. The van der Waals surface area contributed by atoms with Crippen LogP contribution in [0.4, 0.5) is 5.69 Å². The lowest BCUT2D eigenvalue weighted by molar-refractivity contribution is -0.140. The van der Waals surface area contributed by atoms with Gasteiger partial charge in [0.05, 0.1) is 0 Å². The van der Waals surface area contributed by atoms with E-state index in [9.17, 15) is 14.4 Å². The number of halogens is 1. The molecule has 1 aliphatic heterocycles. The molecule has 0 unspecified atom stereocenters. The molecule has 0 fully saturated rings. The van der Waals surface area contributed by atoms with Gasteiger partial charge < -0.3 is 15.5 Å². The second-order valence-electron chi connectivity index (χ2n) is 5.67. The summed E-state index contributed by atoms with van der Waals surface area (Å²) in [5.74, 6) is -1.92. The fourth-order valence-electron chi connectivity index (χ4n) is 2.68. The zero-order valence-electron chi connectivity index (χ0n) is 13.5. The summed E-state index contributed by atoms with van der Waals surface area (Å²) >= 11 is 5.80. The van der Waals surface area contributed by atoms with Gasteiger partial charge >= 0.3 is 11.8 Å². The highest BCUT2D eigenvalue weighted by molar-refractivity contribution is 6.35. The van der Waals surface area contributed by atoms with Crippen molar-refractivity contribution in [3.63, 3.8) is 0 Å². The summed E-state index contributed by atoms with van der Waals surface area (Å²) in [6.07, 6.45) is 0. The van der Waals surface area contributed by atoms with E-state index in [1.54, 1.807) is 49.5 Å². The average molecular weight is 358 g/mol. The van der Waals surface area contributed by atoms with Crippen molar-refractivity contribution >= 4 is 35.0 Å². The number of hydrogen-bond donors (Lipinski definition) is 2. The van der Waals surface area contributed by atoms with Gasteiger partial charge in [-0.25, -0.2) is 0 Å². The molecule has 3 rings (SSSR count). The zero-order chi connectivity index (χ0) is 18.0. The highest BCUT2D eigenvalue weighted by Gasteiger charge is 2.36. The number of anilines is 1. The Hall–Kier alpha value is -2.86. The standard InChI is InChI=1S/C18H16ClN3O3/c1-22-14-5-3-2-4-13(14)15(18(22)25)21-17(24)16(23)20-10-11-6-8-12(19)9-7-11/h2-9,15H,10H2,1H3,(H,20,23)(H,21,24)/t15-/m0/s1. The zero-order valence-corrected chi connectivity index (χ0v) is 14.2. The van der Waals surface area contributed by atoms with Gasteiger partial charge in [-0.05, 0) is 23.8 Å². The third-order valence-electron chi connectivity index (χ3n) is 4.03. The first-order valence-electron chi connectivity index (χ1n) is 7.67. The summed E-state index contributed by atoms with van der Waals surface area (Å²) in [5.41, 5.74) is 2.21. The average Bonchev–Trinajstić information content (AvgIpc) is 2.86. The van der Waals surface area contributed by atoms with Crippen LogP contribution in [-0.4, -0.2) is 24.8 Å². The number of likely N-dealkylation sites (N-methyl/N-ethyl adjacent to an activating group) is 1. The van der Waals surface area contributed by atoms with Crippen LogP contribution in [0.2, 0.25) is 5.02 Å². The Morgan fingerprint density at radius 2 is 1.76 bits per heavy atom. The van der Waals surface area contributed by atoms with Crippen molar-refractivity contribution in [1.29, 1.82) is 0 Å². The van der Waals surface area contributed by atoms with E-state index >= 15 is 0 Å². The van der Waals surface area contributed by atoms with Crippen LogP contribution in [0, 0.1) is 0 Å². The molecule has 2 N–H and O–H groups in total. The Kier molecular flexibility index (Phi) is 4.72. The van der Waals surface area contributed by atoms with Crippen molar-refractivity contribution < 1.29 is 14.4 Å². The molecule has 2 aromatic carbocycles. The van der Waals surface area contributed by atoms with E-state index in [0.29, 0.717) is 10.6 Å². The monoisotopic (exact) mass is 357 g/mol. The van der Waals surface area contributed by atoms with Crippen molar-refractivity contribution in [2.75, 3.05) is 11.9 Å².